The second kappa shape index (κ2) is 4.57. The first-order valence-electron chi connectivity index (χ1n) is 6.50. The van der Waals surface area contributed by atoms with Crippen molar-refractivity contribution in [2.24, 2.45) is 0 Å². The Morgan fingerprint density at radius 1 is 1.50 bits per heavy atom. The van der Waals surface area contributed by atoms with Crippen LogP contribution in [0.1, 0.15) is 18.4 Å². The van der Waals surface area contributed by atoms with Crippen molar-refractivity contribution in [3.05, 3.63) is 23.9 Å². The largest absolute Gasteiger partial charge is 0.351 e. The zero-order valence-corrected chi connectivity index (χ0v) is 10.9. The smallest absolute Gasteiger partial charge is 0.243 e. The Hall–Kier alpha value is -1.62. The quantitative estimate of drug-likeness (QED) is 0.891. The topological polar surface area (TPSA) is 45.5 Å². The third kappa shape index (κ3) is 2.06. The Morgan fingerprint density at radius 2 is 2.39 bits per heavy atom. The summed E-state index contributed by atoms with van der Waals surface area (Å²) in [7, 11) is 2.18. The van der Waals surface area contributed by atoms with Gasteiger partial charge in [-0.2, -0.15) is 4.98 Å². The third-order valence-corrected chi connectivity index (χ3v) is 3.72. The first-order chi connectivity index (χ1) is 8.74. The molecule has 18 heavy (non-hydrogen) atoms. The lowest BCUT2D eigenvalue weighted by molar-refractivity contribution is 0.322. The molecule has 0 radical (unpaired) electrons. The van der Waals surface area contributed by atoms with E-state index in [2.05, 4.69) is 40.3 Å². The SMILES string of the molecule is Cc1cccn2nc(NCC3CCCN3C)nc12. The Labute approximate surface area is 107 Å². The number of pyridine rings is 1. The minimum atomic E-state index is 0.609. The highest BCUT2D eigenvalue weighted by Crippen LogP contribution is 2.15. The first-order valence-corrected chi connectivity index (χ1v) is 6.50. The molecule has 0 aromatic carbocycles. The molecule has 0 saturated carbocycles. The highest BCUT2D eigenvalue weighted by atomic mass is 15.3. The number of anilines is 1. The molecule has 2 aromatic heterocycles. The summed E-state index contributed by atoms with van der Waals surface area (Å²) < 4.78 is 1.83. The van der Waals surface area contributed by atoms with Crippen LogP contribution in [0.15, 0.2) is 18.3 Å². The molecule has 0 spiro atoms. The van der Waals surface area contributed by atoms with Gasteiger partial charge in [-0.15, -0.1) is 5.10 Å². The van der Waals surface area contributed by atoms with E-state index in [1.165, 1.54) is 19.4 Å². The maximum Gasteiger partial charge on any atom is 0.243 e. The van der Waals surface area contributed by atoms with E-state index in [4.69, 9.17) is 0 Å². The molecule has 1 aliphatic rings. The number of aryl methyl sites for hydroxylation is 1. The number of hydrogen-bond donors (Lipinski definition) is 1. The molecule has 1 atom stereocenters. The minimum absolute atomic E-state index is 0.609. The Kier molecular flexibility index (Phi) is 2.91. The molecule has 1 N–H and O–H groups in total. The standard InChI is InChI=1S/C13H19N5/c1-10-5-3-8-18-12(10)15-13(16-18)14-9-11-6-4-7-17(11)2/h3,5,8,11H,4,6-7,9H2,1-2H3,(H,14,16). The number of likely N-dealkylation sites (N-methyl/N-ethyl adjacent to an activating group) is 1. The summed E-state index contributed by atoms with van der Waals surface area (Å²) in [5.41, 5.74) is 2.08. The lowest BCUT2D eigenvalue weighted by Gasteiger charge is -2.18. The van der Waals surface area contributed by atoms with Gasteiger partial charge in [-0.05, 0) is 45.0 Å². The van der Waals surface area contributed by atoms with Gasteiger partial charge in [0.15, 0.2) is 5.65 Å². The Bertz CT molecular complexity index is 547. The molecule has 0 amide bonds. The van der Waals surface area contributed by atoms with Crippen LogP contribution in [0.2, 0.25) is 0 Å². The van der Waals surface area contributed by atoms with Crippen LogP contribution >= 0.6 is 0 Å². The van der Waals surface area contributed by atoms with Crippen molar-refractivity contribution in [1.82, 2.24) is 19.5 Å². The molecular weight excluding hydrogens is 226 g/mol. The summed E-state index contributed by atoms with van der Waals surface area (Å²) in [6.07, 6.45) is 4.48. The molecule has 1 saturated heterocycles. The zero-order valence-electron chi connectivity index (χ0n) is 10.9. The monoisotopic (exact) mass is 245 g/mol. The molecule has 1 unspecified atom stereocenters. The van der Waals surface area contributed by atoms with Gasteiger partial charge in [-0.25, -0.2) is 4.52 Å². The van der Waals surface area contributed by atoms with Crippen LogP contribution in [0.4, 0.5) is 5.95 Å². The second-order valence-corrected chi connectivity index (χ2v) is 5.05. The minimum Gasteiger partial charge on any atom is -0.351 e. The highest BCUT2D eigenvalue weighted by Gasteiger charge is 2.20. The third-order valence-electron chi connectivity index (χ3n) is 3.72. The van der Waals surface area contributed by atoms with Gasteiger partial charge in [-0.1, -0.05) is 6.07 Å². The van der Waals surface area contributed by atoms with Crippen LogP contribution in [0.5, 0.6) is 0 Å². The summed E-state index contributed by atoms with van der Waals surface area (Å²) in [5, 5.41) is 7.78. The van der Waals surface area contributed by atoms with E-state index in [0.717, 1.165) is 23.7 Å². The van der Waals surface area contributed by atoms with Crippen molar-refractivity contribution in [1.29, 1.82) is 0 Å². The molecule has 5 nitrogen and oxygen atoms in total. The lowest BCUT2D eigenvalue weighted by Crippen LogP contribution is -2.31. The summed E-state index contributed by atoms with van der Waals surface area (Å²) in [6, 6.07) is 4.65. The number of fused-ring (bicyclic) bond motifs is 1. The van der Waals surface area contributed by atoms with Gasteiger partial charge in [0.2, 0.25) is 5.95 Å². The normalized spacial score (nSPS) is 20.7. The van der Waals surface area contributed by atoms with E-state index in [0.29, 0.717) is 6.04 Å². The number of aromatic nitrogens is 3. The van der Waals surface area contributed by atoms with Gasteiger partial charge in [-0.3, -0.25) is 0 Å². The number of nitrogens with zero attached hydrogens (tertiary/aromatic N) is 4. The van der Waals surface area contributed by atoms with Gasteiger partial charge < -0.3 is 10.2 Å². The van der Waals surface area contributed by atoms with Crippen molar-refractivity contribution in [2.45, 2.75) is 25.8 Å². The molecule has 0 bridgehead atoms. The summed E-state index contributed by atoms with van der Waals surface area (Å²) >= 11 is 0. The van der Waals surface area contributed by atoms with Crippen molar-refractivity contribution in [3.63, 3.8) is 0 Å². The van der Waals surface area contributed by atoms with Crippen LogP contribution in [0, 0.1) is 6.92 Å². The molecule has 0 aliphatic carbocycles. The van der Waals surface area contributed by atoms with Crippen LogP contribution in [0.3, 0.4) is 0 Å². The van der Waals surface area contributed by atoms with Crippen molar-refractivity contribution in [2.75, 3.05) is 25.5 Å². The molecule has 1 fully saturated rings. The van der Waals surface area contributed by atoms with Gasteiger partial charge in [0.1, 0.15) is 0 Å². The predicted octanol–water partition coefficient (Wildman–Crippen LogP) is 1.54. The number of likely N-dealkylation sites (tertiary alicyclic amines) is 1. The molecular formula is C13H19N5. The summed E-state index contributed by atoms with van der Waals surface area (Å²) in [5.74, 6) is 0.726. The fourth-order valence-corrected chi connectivity index (χ4v) is 2.56. The van der Waals surface area contributed by atoms with E-state index in [1.54, 1.807) is 0 Å². The predicted molar refractivity (Wildman–Crippen MR) is 71.9 cm³/mol. The number of rotatable bonds is 3. The highest BCUT2D eigenvalue weighted by molar-refractivity contribution is 5.49. The molecule has 5 heteroatoms. The van der Waals surface area contributed by atoms with Crippen LogP contribution in [-0.4, -0.2) is 45.7 Å². The van der Waals surface area contributed by atoms with Crippen LogP contribution < -0.4 is 5.32 Å². The summed E-state index contributed by atoms with van der Waals surface area (Å²) in [6.45, 7) is 4.18. The maximum absolute atomic E-state index is 4.52. The van der Waals surface area contributed by atoms with Crippen molar-refractivity contribution >= 4 is 11.6 Å². The fourth-order valence-electron chi connectivity index (χ4n) is 2.56. The lowest BCUT2D eigenvalue weighted by atomic mass is 10.2. The van der Waals surface area contributed by atoms with Crippen LogP contribution in [-0.2, 0) is 0 Å². The molecule has 96 valence electrons. The summed E-state index contributed by atoms with van der Waals surface area (Å²) in [4.78, 5) is 6.92. The van der Waals surface area contributed by atoms with E-state index in [1.807, 2.05) is 16.8 Å². The van der Waals surface area contributed by atoms with Crippen molar-refractivity contribution < 1.29 is 0 Å². The van der Waals surface area contributed by atoms with Gasteiger partial charge in [0.05, 0.1) is 0 Å². The first kappa shape index (κ1) is 11.5. The van der Waals surface area contributed by atoms with Crippen molar-refractivity contribution in [3.8, 4) is 0 Å². The Balaban J connectivity index is 1.73. The van der Waals surface area contributed by atoms with E-state index < -0.39 is 0 Å². The van der Waals surface area contributed by atoms with E-state index >= 15 is 0 Å². The molecule has 1 aliphatic heterocycles. The van der Waals surface area contributed by atoms with Gasteiger partial charge in [0.25, 0.3) is 0 Å². The van der Waals surface area contributed by atoms with E-state index in [-0.39, 0.29) is 0 Å². The van der Waals surface area contributed by atoms with Crippen LogP contribution in [0.25, 0.3) is 5.65 Å². The molecule has 3 heterocycles. The molecule has 2 aromatic rings. The van der Waals surface area contributed by atoms with Gasteiger partial charge in [0, 0.05) is 18.8 Å². The second-order valence-electron chi connectivity index (χ2n) is 5.05. The Morgan fingerprint density at radius 3 is 3.11 bits per heavy atom. The van der Waals surface area contributed by atoms with Gasteiger partial charge >= 0.3 is 0 Å². The number of nitrogens with one attached hydrogen (secondary N) is 1. The zero-order chi connectivity index (χ0) is 12.5. The average Bonchev–Trinajstić information content (AvgIpc) is 2.93. The molecule has 3 rings (SSSR count). The maximum atomic E-state index is 4.52. The number of hydrogen-bond acceptors (Lipinski definition) is 4. The fraction of sp³-hybridized carbons (Fsp3) is 0.538. The average molecular weight is 245 g/mol. The van der Waals surface area contributed by atoms with E-state index in [9.17, 15) is 0 Å².